The molecule has 0 saturated carbocycles. The van der Waals surface area contributed by atoms with Crippen molar-refractivity contribution in [2.75, 3.05) is 0 Å². The third-order valence-electron chi connectivity index (χ3n) is 5.54. The zero-order valence-corrected chi connectivity index (χ0v) is 24.0. The third kappa shape index (κ3) is 12.2. The average Bonchev–Trinajstić information content (AvgIpc) is 2.70. The summed E-state index contributed by atoms with van der Waals surface area (Å²) in [7, 11) is 0.843. The minimum Gasteiger partial charge on any atom is -0.103 e. The highest BCUT2D eigenvalue weighted by Gasteiger charge is 2.08. The minimum atomic E-state index is -0.130. The maximum Gasteiger partial charge on any atom is 0.0332 e. The Kier molecular flexibility index (Phi) is 16.6. The zero-order valence-electron chi connectivity index (χ0n) is 17.8. The van der Waals surface area contributed by atoms with Crippen LogP contribution in [0.25, 0.3) is 0 Å². The maximum absolute atomic E-state index is 3.96. The van der Waals surface area contributed by atoms with Crippen molar-refractivity contribution in [2.45, 2.75) is 54.0 Å². The van der Waals surface area contributed by atoms with Gasteiger partial charge in [0.05, 0.1) is 0 Å². The fourth-order valence-electron chi connectivity index (χ4n) is 3.43. The first kappa shape index (κ1) is 26.0. The second kappa shape index (κ2) is 17.2. The second-order valence-electron chi connectivity index (χ2n) is 7.47. The number of hydrogen-bond donors (Lipinski definition) is 0. The molecule has 0 nitrogen and oxygen atoms in total. The number of rotatable bonds is 18. The molecule has 0 heterocycles. The van der Waals surface area contributed by atoms with Crippen molar-refractivity contribution in [2.24, 2.45) is 0 Å². The van der Waals surface area contributed by atoms with Crippen LogP contribution in [0.4, 0.5) is 0 Å². The summed E-state index contributed by atoms with van der Waals surface area (Å²) < 4.78 is 0. The van der Waals surface area contributed by atoms with Gasteiger partial charge in [-0.2, -0.15) is 0 Å². The average molecular weight is 431 g/mol. The van der Waals surface area contributed by atoms with Crippen LogP contribution in [0, 0.1) is 0 Å². The van der Waals surface area contributed by atoms with Crippen molar-refractivity contribution in [3.63, 3.8) is 0 Å². The van der Waals surface area contributed by atoms with Crippen molar-refractivity contribution in [3.8, 4) is 0 Å². The molecule has 0 rings (SSSR count). The van der Waals surface area contributed by atoms with Gasteiger partial charge in [-0.25, -0.2) is 0 Å². The Bertz CT molecular complexity index is 466. The molecule has 0 N–H and O–H groups in total. The van der Waals surface area contributed by atoms with E-state index in [2.05, 4.69) is 75.9 Å². The Balaban J connectivity index is 4.79. The highest BCUT2D eigenvalue weighted by Crippen LogP contribution is 2.23. The van der Waals surface area contributed by atoms with Gasteiger partial charge in [0.25, 0.3) is 0 Å². The van der Waals surface area contributed by atoms with Crippen molar-refractivity contribution in [1.29, 1.82) is 0 Å². The molecule has 0 aromatic heterocycles. The first-order valence-corrected chi connectivity index (χ1v) is 16.9. The summed E-state index contributed by atoms with van der Waals surface area (Å²) in [4.78, 5) is 0. The van der Waals surface area contributed by atoms with E-state index in [4.69, 9.17) is 0 Å². The molecule has 27 heavy (non-hydrogen) atoms. The molecule has 0 saturated heterocycles. The quantitative estimate of drug-likeness (QED) is 0.227. The first-order valence-electron chi connectivity index (χ1n) is 10.5. The van der Waals surface area contributed by atoms with E-state index >= 15 is 0 Å². The molecule has 0 fully saturated rings. The van der Waals surface area contributed by atoms with Crippen LogP contribution in [0.3, 0.4) is 0 Å². The minimum absolute atomic E-state index is 0.112. The van der Waals surface area contributed by atoms with Crippen LogP contribution >= 0.6 is 0 Å². The molecule has 0 radical (unpaired) electrons. The van der Waals surface area contributed by atoms with Crippen LogP contribution in [-0.2, 0) is 0 Å². The van der Waals surface area contributed by atoms with Crippen molar-refractivity contribution >= 4 is 38.8 Å². The molecule has 0 spiro atoms. The topological polar surface area (TPSA) is 0 Å². The summed E-state index contributed by atoms with van der Waals surface area (Å²) >= 11 is 0. The number of hydrogen-bond acceptors (Lipinski definition) is 0. The molecule has 0 aliphatic rings. The van der Waals surface area contributed by atoms with E-state index in [0.717, 1.165) is 0 Å². The Morgan fingerprint density at radius 1 is 0.593 bits per heavy atom. The predicted molar refractivity (Wildman–Crippen MR) is 143 cm³/mol. The Morgan fingerprint density at radius 2 is 0.889 bits per heavy atom. The Hall–Kier alpha value is -0.952. The van der Waals surface area contributed by atoms with E-state index < -0.39 is 0 Å². The molecule has 0 unspecified atom stereocenters. The van der Waals surface area contributed by atoms with Gasteiger partial charge in [-0.1, -0.05) is 65.4 Å². The lowest BCUT2D eigenvalue weighted by Gasteiger charge is -2.15. The summed E-state index contributed by atoms with van der Waals surface area (Å²) in [6.45, 7) is 23.7. The van der Waals surface area contributed by atoms with Crippen LogP contribution in [0.5, 0.6) is 0 Å². The lowest BCUT2D eigenvalue weighted by molar-refractivity contribution is 0.927. The van der Waals surface area contributed by atoms with Crippen molar-refractivity contribution in [3.05, 3.63) is 86.7 Å². The van der Waals surface area contributed by atoms with Gasteiger partial charge >= 0.3 is 0 Å². The molecule has 0 aliphatic carbocycles. The third-order valence-corrected chi connectivity index (χ3v) is 13.0. The van der Waals surface area contributed by atoms with Crippen LogP contribution in [0.15, 0.2) is 86.7 Å². The molecular weight excluding hydrogens is 389 g/mol. The van der Waals surface area contributed by atoms with Crippen LogP contribution in [0.2, 0.25) is 34.8 Å². The smallest absolute Gasteiger partial charge is 0.0332 e. The monoisotopic (exact) mass is 430 g/mol. The number of allylic oxidation sites excluding steroid dienone is 8. The van der Waals surface area contributed by atoms with Crippen LogP contribution in [0.1, 0.15) is 19.3 Å². The van der Waals surface area contributed by atoms with Crippen LogP contribution in [-0.4, -0.2) is 38.8 Å². The molecule has 0 aliphatic heterocycles. The summed E-state index contributed by atoms with van der Waals surface area (Å²) in [5, 5.41) is 1.79. The van der Waals surface area contributed by atoms with Gasteiger partial charge in [-0.3, -0.25) is 0 Å². The molecule has 0 atom stereocenters. The molecule has 0 aromatic rings. The van der Waals surface area contributed by atoms with Crippen molar-refractivity contribution < 1.29 is 0 Å². The highest BCUT2D eigenvalue weighted by atomic mass is 28.2. The van der Waals surface area contributed by atoms with Gasteiger partial charge < -0.3 is 0 Å². The van der Waals surface area contributed by atoms with Gasteiger partial charge in [0.1, 0.15) is 0 Å². The van der Waals surface area contributed by atoms with E-state index in [9.17, 15) is 0 Å². The largest absolute Gasteiger partial charge is 0.103 e. The summed E-state index contributed by atoms with van der Waals surface area (Å²) in [5.41, 5.74) is 3.59. The van der Waals surface area contributed by atoms with Gasteiger partial charge in [-0.05, 0) is 35.9 Å². The molecule has 0 amide bonds. The standard InChI is InChI=1S/C23H42Si4/c1-7-20(8-2)25-16-13-19(14-17-26-21(9-3)10-4)23(24)15-18-27-22(11-5)12-6/h7-12,20-22H,1-6,13-18,25-27H2,24H3. The molecule has 150 valence electrons. The molecule has 0 aromatic carbocycles. The zero-order chi connectivity index (χ0) is 20.5. The fourth-order valence-corrected chi connectivity index (χ4v) is 9.81. The summed E-state index contributed by atoms with van der Waals surface area (Å²) in [6, 6.07) is 4.16. The molecular formula is C23H42Si4. The lowest BCUT2D eigenvalue weighted by Crippen LogP contribution is -2.04. The maximum atomic E-state index is 3.96. The van der Waals surface area contributed by atoms with Crippen molar-refractivity contribution in [1.82, 2.24) is 0 Å². The van der Waals surface area contributed by atoms with Gasteiger partial charge in [0, 0.05) is 38.8 Å². The summed E-state index contributed by atoms with van der Waals surface area (Å²) in [6.07, 6.45) is 16.5. The normalized spacial score (nSPS) is 12.1. The second-order valence-corrected chi connectivity index (χ2v) is 15.4. The van der Waals surface area contributed by atoms with E-state index in [0.29, 0.717) is 16.6 Å². The molecule has 0 bridgehead atoms. The predicted octanol–water partition coefficient (Wildman–Crippen LogP) is 4.02. The van der Waals surface area contributed by atoms with E-state index in [-0.39, 0.29) is 28.6 Å². The Labute approximate surface area is 179 Å². The Morgan fingerprint density at radius 3 is 1.19 bits per heavy atom. The highest BCUT2D eigenvalue weighted by molar-refractivity contribution is 6.40. The van der Waals surface area contributed by atoms with Gasteiger partial charge in [0.15, 0.2) is 0 Å². The summed E-state index contributed by atoms with van der Waals surface area (Å²) in [5.74, 6) is 0. The lowest BCUT2D eigenvalue weighted by atomic mass is 10.1. The fraction of sp³-hybridized carbons (Fsp3) is 0.391. The van der Waals surface area contributed by atoms with Gasteiger partial charge in [-0.15, -0.1) is 39.5 Å². The first-order chi connectivity index (χ1) is 13.1. The SMILES string of the molecule is C=CC(C=C)[SiH2]CCC([SiH3])=C(CC[SiH2]C(C=C)C=C)CC[SiH2]C(C=C)C=C. The van der Waals surface area contributed by atoms with E-state index in [1.54, 1.807) is 10.8 Å². The van der Waals surface area contributed by atoms with Crippen LogP contribution < -0.4 is 0 Å². The van der Waals surface area contributed by atoms with E-state index in [1.165, 1.54) is 47.6 Å². The molecule has 4 heteroatoms. The van der Waals surface area contributed by atoms with E-state index in [1.807, 2.05) is 0 Å². The van der Waals surface area contributed by atoms with Gasteiger partial charge in [0.2, 0.25) is 0 Å².